The molecule has 6 atom stereocenters. The highest BCUT2D eigenvalue weighted by Gasteiger charge is 2.50. The second kappa shape index (κ2) is 54.5. The number of esters is 3. The quantitative estimate of drug-likeness (QED) is 0.0228. The molecule has 0 radical (unpaired) electrons. The molecule has 0 amide bonds. The Bertz CT molecular complexity index is 1700. The van der Waals surface area contributed by atoms with E-state index in [0.717, 1.165) is 128 Å². The predicted octanol–water partition coefficient (Wildman–Crippen LogP) is 16.7. The molecule has 1 heterocycles. The molecule has 79 heavy (non-hydrogen) atoms. The highest BCUT2D eigenvalue weighted by molar-refractivity contribution is 5.74. The van der Waals surface area contributed by atoms with Gasteiger partial charge in [0.05, 0.1) is 6.61 Å². The number of hydrogen-bond donors (Lipinski definition) is 3. The molecular weight excluding hydrogens is 997 g/mol. The van der Waals surface area contributed by atoms with Crippen LogP contribution in [-0.4, -0.2) is 89.2 Å². The lowest BCUT2D eigenvalue weighted by Gasteiger charge is -2.40. The molecule has 1 rings (SSSR count). The zero-order valence-electron chi connectivity index (χ0n) is 49.8. The largest absolute Gasteiger partial charge is 0.479 e. The number of aliphatic carboxylic acids is 1. The van der Waals surface area contributed by atoms with Crippen LogP contribution in [0, 0.1) is 0 Å². The van der Waals surface area contributed by atoms with E-state index in [9.17, 15) is 34.5 Å². The van der Waals surface area contributed by atoms with E-state index >= 15 is 0 Å². The summed E-state index contributed by atoms with van der Waals surface area (Å²) in [5.41, 5.74) is 0. The Labute approximate surface area is 480 Å². The van der Waals surface area contributed by atoms with Gasteiger partial charge in [-0.3, -0.25) is 14.4 Å². The van der Waals surface area contributed by atoms with Crippen molar-refractivity contribution >= 4 is 23.9 Å². The molecule has 0 saturated carbocycles. The molecule has 0 aromatic heterocycles. The summed E-state index contributed by atoms with van der Waals surface area (Å²) in [5.74, 6) is -3.16. The summed E-state index contributed by atoms with van der Waals surface area (Å²) in [4.78, 5) is 51.2. The topological polar surface area (TPSA) is 175 Å². The van der Waals surface area contributed by atoms with Gasteiger partial charge in [0.15, 0.2) is 24.6 Å². The maximum atomic E-state index is 13.2. The summed E-state index contributed by atoms with van der Waals surface area (Å²) in [6.45, 7) is 5.84. The third-order valence-electron chi connectivity index (χ3n) is 14.0. The van der Waals surface area contributed by atoms with E-state index < -0.39 is 67.3 Å². The van der Waals surface area contributed by atoms with E-state index in [1.165, 1.54) is 77.0 Å². The normalized spacial score (nSPS) is 18.4. The van der Waals surface area contributed by atoms with E-state index in [-0.39, 0.29) is 25.9 Å². The predicted molar refractivity (Wildman–Crippen MR) is 321 cm³/mol. The van der Waals surface area contributed by atoms with Gasteiger partial charge in [0.25, 0.3) is 0 Å². The number of unbranched alkanes of at least 4 members (excludes halogenated alkanes) is 25. The summed E-state index contributed by atoms with van der Waals surface area (Å²) in [7, 11) is 0. The van der Waals surface area contributed by atoms with Crippen molar-refractivity contribution in [2.75, 3.05) is 13.2 Å². The molecule has 1 fully saturated rings. The highest BCUT2D eigenvalue weighted by atomic mass is 16.7. The van der Waals surface area contributed by atoms with Crippen molar-refractivity contribution in [3.8, 4) is 0 Å². The Morgan fingerprint density at radius 1 is 0.430 bits per heavy atom. The number of carboxylic acid groups (broad SMARTS) is 1. The minimum atomic E-state index is -1.91. The average Bonchev–Trinajstić information content (AvgIpc) is 3.47. The monoisotopic (exact) mass is 1110 g/mol. The van der Waals surface area contributed by atoms with Crippen LogP contribution in [0.25, 0.3) is 0 Å². The van der Waals surface area contributed by atoms with Gasteiger partial charge in [-0.15, -0.1) is 0 Å². The van der Waals surface area contributed by atoms with E-state index in [1.54, 1.807) is 0 Å². The van der Waals surface area contributed by atoms with Crippen molar-refractivity contribution in [1.29, 1.82) is 0 Å². The fourth-order valence-corrected chi connectivity index (χ4v) is 9.13. The van der Waals surface area contributed by atoms with Gasteiger partial charge in [0, 0.05) is 19.3 Å². The van der Waals surface area contributed by atoms with Crippen molar-refractivity contribution in [3.05, 3.63) is 85.1 Å². The van der Waals surface area contributed by atoms with E-state index in [4.69, 9.17) is 23.7 Å². The standard InChI is InChI=1S/C67H112O12/c1-4-7-10-13-16-19-22-25-27-29-30-32-33-36-38-41-44-47-50-53-59(68)75-56-58(77-60(69)54-51-48-45-42-39-35-24-21-18-15-12-9-6-3)57-76-67-65(63(72)62(71)64(79-67)66(73)74)78-61(70)55-52-49-46-43-40-37-34-31-28-26-23-20-17-14-11-8-5-2/h7,10,16-17,19-20,25-28,30,32,36,38,58,62-65,67,71-72H,4-6,8-9,11-15,18,21-24,29,31,33-35,37,39-57H2,1-3H3,(H,73,74)/b10-7-,19-16-,20-17-,27-25-,28-26-,32-30-,38-36-. The van der Waals surface area contributed by atoms with Crippen molar-refractivity contribution in [2.45, 2.75) is 302 Å². The van der Waals surface area contributed by atoms with Gasteiger partial charge in [-0.1, -0.05) is 234 Å². The number of carbonyl (C=O) groups excluding carboxylic acids is 3. The molecule has 0 aromatic carbocycles. The molecule has 1 aliphatic heterocycles. The van der Waals surface area contributed by atoms with Crippen molar-refractivity contribution in [1.82, 2.24) is 0 Å². The number of carbonyl (C=O) groups is 4. The lowest BCUT2D eigenvalue weighted by atomic mass is 9.98. The fraction of sp³-hybridized carbons (Fsp3) is 0.731. The lowest BCUT2D eigenvalue weighted by molar-refractivity contribution is -0.301. The number of aliphatic hydroxyl groups excluding tert-OH is 2. The summed E-state index contributed by atoms with van der Waals surface area (Å²) < 4.78 is 28.5. The maximum absolute atomic E-state index is 13.2. The molecule has 6 unspecified atom stereocenters. The van der Waals surface area contributed by atoms with Crippen LogP contribution in [0.15, 0.2) is 85.1 Å². The second-order valence-electron chi connectivity index (χ2n) is 21.3. The maximum Gasteiger partial charge on any atom is 0.335 e. The van der Waals surface area contributed by atoms with Crippen molar-refractivity contribution in [3.63, 3.8) is 0 Å². The molecule has 12 nitrogen and oxygen atoms in total. The van der Waals surface area contributed by atoms with Gasteiger partial charge in [-0.05, 0) is 96.3 Å². The summed E-state index contributed by atoms with van der Waals surface area (Å²) in [6, 6.07) is 0. The van der Waals surface area contributed by atoms with Crippen LogP contribution >= 0.6 is 0 Å². The number of allylic oxidation sites excluding steroid dienone is 14. The van der Waals surface area contributed by atoms with Gasteiger partial charge in [0.1, 0.15) is 18.8 Å². The minimum Gasteiger partial charge on any atom is -0.479 e. The SMILES string of the molecule is CC/C=C\C/C=C\C/C=C\C/C=C\C/C=C\CCCCCC(=O)OCC(COC1OC(C(=O)O)C(O)C(O)C1OC(=O)CCCCCCCCC/C=C\C/C=C\CCCCC)OC(=O)CCCCCCCCCCCCCCC. The molecule has 1 saturated heterocycles. The average molecular weight is 1110 g/mol. The molecule has 3 N–H and O–H groups in total. The Morgan fingerprint density at radius 2 is 0.797 bits per heavy atom. The highest BCUT2D eigenvalue weighted by Crippen LogP contribution is 2.26. The first-order chi connectivity index (χ1) is 38.6. The van der Waals surface area contributed by atoms with Gasteiger partial charge in [-0.2, -0.15) is 0 Å². The molecule has 0 spiro atoms. The molecule has 1 aliphatic rings. The third-order valence-corrected chi connectivity index (χ3v) is 14.0. The lowest BCUT2D eigenvalue weighted by Crippen LogP contribution is -2.61. The van der Waals surface area contributed by atoms with Crippen LogP contribution in [-0.2, 0) is 42.9 Å². The van der Waals surface area contributed by atoms with E-state index in [1.807, 2.05) is 0 Å². The number of hydrogen-bond acceptors (Lipinski definition) is 11. The third kappa shape index (κ3) is 44.3. The molecule has 12 heteroatoms. The zero-order valence-corrected chi connectivity index (χ0v) is 49.8. The first-order valence-electron chi connectivity index (χ1n) is 31.6. The van der Waals surface area contributed by atoms with Crippen LogP contribution in [0.4, 0.5) is 0 Å². The molecule has 0 aromatic rings. The van der Waals surface area contributed by atoms with E-state index in [2.05, 4.69) is 106 Å². The number of ether oxygens (including phenoxy) is 5. The van der Waals surface area contributed by atoms with Gasteiger partial charge >= 0.3 is 23.9 Å². The van der Waals surface area contributed by atoms with Crippen LogP contribution in [0.3, 0.4) is 0 Å². The van der Waals surface area contributed by atoms with Gasteiger partial charge in [0.2, 0.25) is 0 Å². The van der Waals surface area contributed by atoms with Crippen LogP contribution < -0.4 is 0 Å². The number of carboxylic acids is 1. The molecule has 0 aliphatic carbocycles. The smallest absolute Gasteiger partial charge is 0.335 e. The molecular formula is C67H112O12. The first-order valence-corrected chi connectivity index (χ1v) is 31.6. The van der Waals surface area contributed by atoms with Gasteiger partial charge in [-0.25, -0.2) is 4.79 Å². The van der Waals surface area contributed by atoms with Crippen molar-refractivity contribution < 1.29 is 58.2 Å². The van der Waals surface area contributed by atoms with Crippen LogP contribution in [0.5, 0.6) is 0 Å². The minimum absolute atomic E-state index is 0.0466. The summed E-state index contributed by atoms with van der Waals surface area (Å²) in [6.07, 6.45) is 58.2. The second-order valence-corrected chi connectivity index (χ2v) is 21.3. The van der Waals surface area contributed by atoms with Gasteiger partial charge < -0.3 is 39.0 Å². The Balaban J connectivity index is 2.69. The Morgan fingerprint density at radius 3 is 1.25 bits per heavy atom. The summed E-state index contributed by atoms with van der Waals surface area (Å²) in [5, 5.41) is 31.5. The zero-order chi connectivity index (χ0) is 57.5. The van der Waals surface area contributed by atoms with Crippen LogP contribution in [0.1, 0.15) is 265 Å². The number of aliphatic hydroxyl groups is 2. The van der Waals surface area contributed by atoms with Crippen molar-refractivity contribution in [2.24, 2.45) is 0 Å². The first kappa shape index (κ1) is 72.9. The van der Waals surface area contributed by atoms with E-state index in [0.29, 0.717) is 19.3 Å². The molecule has 452 valence electrons. The fourth-order valence-electron chi connectivity index (χ4n) is 9.13. The number of rotatable bonds is 53. The summed E-state index contributed by atoms with van der Waals surface area (Å²) >= 11 is 0. The Hall–Kier alpha value is -4.10. The Kier molecular flexibility index (Phi) is 50.3. The van der Waals surface area contributed by atoms with Crippen LogP contribution in [0.2, 0.25) is 0 Å². The molecule has 0 bridgehead atoms.